The zero-order valence-corrected chi connectivity index (χ0v) is 14.9. The Morgan fingerprint density at radius 1 is 1.30 bits per heavy atom. The van der Waals surface area contributed by atoms with Crippen molar-refractivity contribution in [1.29, 1.82) is 0 Å². The van der Waals surface area contributed by atoms with Crippen molar-refractivity contribution >= 4 is 23.0 Å². The number of thiocarbonyl (C=S) groups is 1. The second kappa shape index (κ2) is 7.97. The highest BCUT2D eigenvalue weighted by atomic mass is 32.1. The van der Waals surface area contributed by atoms with Gasteiger partial charge in [0.25, 0.3) is 0 Å². The zero-order valence-electron chi connectivity index (χ0n) is 14.1. The van der Waals surface area contributed by atoms with Crippen molar-refractivity contribution in [3.63, 3.8) is 0 Å². The Morgan fingerprint density at radius 3 is 2.57 bits per heavy atom. The molecule has 2 N–H and O–H groups in total. The highest BCUT2D eigenvalue weighted by Gasteiger charge is 2.13. The molecule has 23 heavy (non-hydrogen) atoms. The van der Waals surface area contributed by atoms with E-state index in [9.17, 15) is 0 Å². The third-order valence-electron chi connectivity index (χ3n) is 3.68. The van der Waals surface area contributed by atoms with Crippen molar-refractivity contribution in [2.75, 3.05) is 11.9 Å². The average Bonchev–Trinajstić information content (AvgIpc) is 2.90. The van der Waals surface area contributed by atoms with Gasteiger partial charge in [-0.05, 0) is 64.2 Å². The Hall–Kier alpha value is -2.08. The molecule has 0 saturated heterocycles. The molecule has 5 nitrogen and oxygen atoms in total. The van der Waals surface area contributed by atoms with E-state index in [1.807, 2.05) is 42.1 Å². The topological polar surface area (TPSA) is 51.1 Å². The van der Waals surface area contributed by atoms with Crippen molar-refractivity contribution in [1.82, 2.24) is 15.1 Å². The number of hydrogen-bond acceptors (Lipinski definition) is 3. The first kappa shape index (κ1) is 17.3. The predicted octanol–water partition coefficient (Wildman–Crippen LogP) is 3.66. The number of nitrogens with one attached hydrogen (secondary N) is 2. The van der Waals surface area contributed by atoms with E-state index in [0.29, 0.717) is 11.7 Å². The third kappa shape index (κ3) is 4.45. The molecule has 0 radical (unpaired) electrons. The van der Waals surface area contributed by atoms with Crippen molar-refractivity contribution in [3.05, 3.63) is 41.7 Å². The quantitative estimate of drug-likeness (QED) is 0.791. The fourth-order valence-corrected chi connectivity index (χ4v) is 2.74. The minimum absolute atomic E-state index is 0.0954. The van der Waals surface area contributed by atoms with Crippen LogP contribution in [-0.2, 0) is 6.54 Å². The van der Waals surface area contributed by atoms with Gasteiger partial charge in [0.15, 0.2) is 5.11 Å². The molecule has 0 spiro atoms. The van der Waals surface area contributed by atoms with E-state index in [0.717, 1.165) is 29.2 Å². The molecule has 0 amide bonds. The van der Waals surface area contributed by atoms with Gasteiger partial charge in [-0.2, -0.15) is 5.10 Å². The van der Waals surface area contributed by atoms with Crippen LogP contribution in [0.5, 0.6) is 5.75 Å². The fourth-order valence-electron chi connectivity index (χ4n) is 2.45. The van der Waals surface area contributed by atoms with Gasteiger partial charge < -0.3 is 15.4 Å². The van der Waals surface area contributed by atoms with Crippen molar-refractivity contribution < 1.29 is 4.74 Å². The van der Waals surface area contributed by atoms with Gasteiger partial charge in [0, 0.05) is 23.5 Å². The number of benzene rings is 1. The molecule has 0 saturated carbocycles. The van der Waals surface area contributed by atoms with Crippen LogP contribution in [0.4, 0.5) is 5.69 Å². The average molecular weight is 332 g/mol. The van der Waals surface area contributed by atoms with E-state index in [1.165, 1.54) is 0 Å². The molecule has 1 atom stereocenters. The summed E-state index contributed by atoms with van der Waals surface area (Å²) in [6, 6.07) is 7.84. The Labute approximate surface area is 143 Å². The van der Waals surface area contributed by atoms with Crippen molar-refractivity contribution in [3.8, 4) is 5.75 Å². The molecule has 0 aliphatic heterocycles. The third-order valence-corrected chi connectivity index (χ3v) is 3.90. The summed E-state index contributed by atoms with van der Waals surface area (Å²) in [6.07, 6.45) is 1.90. The Kier molecular flexibility index (Phi) is 5.98. The second-order valence-corrected chi connectivity index (χ2v) is 5.69. The van der Waals surface area contributed by atoms with Crippen LogP contribution in [0.2, 0.25) is 0 Å². The van der Waals surface area contributed by atoms with E-state index in [-0.39, 0.29) is 6.04 Å². The summed E-state index contributed by atoms with van der Waals surface area (Å²) >= 11 is 5.39. The smallest absolute Gasteiger partial charge is 0.171 e. The van der Waals surface area contributed by atoms with Gasteiger partial charge in [0.05, 0.1) is 18.8 Å². The number of rotatable bonds is 6. The number of ether oxygens (including phenoxy) is 1. The summed E-state index contributed by atoms with van der Waals surface area (Å²) in [5.41, 5.74) is 3.25. The summed E-state index contributed by atoms with van der Waals surface area (Å²) in [5.74, 6) is 0.855. The van der Waals surface area contributed by atoms with Crippen LogP contribution >= 0.6 is 12.2 Å². The number of hydrogen-bond donors (Lipinski definition) is 2. The molecule has 0 aliphatic carbocycles. The van der Waals surface area contributed by atoms with Gasteiger partial charge in [-0.1, -0.05) is 0 Å². The second-order valence-electron chi connectivity index (χ2n) is 5.28. The van der Waals surface area contributed by atoms with Gasteiger partial charge in [0.1, 0.15) is 5.75 Å². The number of nitrogens with zero attached hydrogens (tertiary/aromatic N) is 2. The molecule has 0 fully saturated rings. The van der Waals surface area contributed by atoms with E-state index in [2.05, 4.69) is 36.5 Å². The van der Waals surface area contributed by atoms with Gasteiger partial charge in [0.2, 0.25) is 0 Å². The monoisotopic (exact) mass is 332 g/mol. The van der Waals surface area contributed by atoms with Crippen LogP contribution in [0, 0.1) is 6.92 Å². The van der Waals surface area contributed by atoms with Gasteiger partial charge in [-0.15, -0.1) is 0 Å². The van der Waals surface area contributed by atoms with E-state index < -0.39 is 0 Å². The highest BCUT2D eigenvalue weighted by Crippen LogP contribution is 2.18. The SMILES string of the molecule is CCOc1ccc(NC(=S)NC(C)c2cnn(CC)c2C)cc1. The lowest BCUT2D eigenvalue weighted by atomic mass is 10.1. The lowest BCUT2D eigenvalue weighted by molar-refractivity contribution is 0.340. The molecule has 0 aliphatic rings. The molecule has 0 bridgehead atoms. The molecule has 1 heterocycles. The Morgan fingerprint density at radius 2 is 2.00 bits per heavy atom. The van der Waals surface area contributed by atoms with Crippen LogP contribution in [0.1, 0.15) is 38.1 Å². The van der Waals surface area contributed by atoms with Crippen LogP contribution in [0.3, 0.4) is 0 Å². The van der Waals surface area contributed by atoms with Crippen LogP contribution in [-0.4, -0.2) is 21.5 Å². The summed E-state index contributed by atoms with van der Waals surface area (Å²) in [6.45, 7) is 9.74. The summed E-state index contributed by atoms with van der Waals surface area (Å²) in [4.78, 5) is 0. The van der Waals surface area contributed by atoms with E-state index in [1.54, 1.807) is 0 Å². The van der Waals surface area contributed by atoms with Crippen LogP contribution in [0.15, 0.2) is 30.5 Å². The van der Waals surface area contributed by atoms with Crippen molar-refractivity contribution in [2.45, 2.75) is 40.3 Å². The molecule has 2 rings (SSSR count). The molecule has 124 valence electrons. The van der Waals surface area contributed by atoms with Gasteiger partial charge in [-0.3, -0.25) is 4.68 Å². The molecular weight excluding hydrogens is 308 g/mol. The Balaban J connectivity index is 1.94. The summed E-state index contributed by atoms with van der Waals surface area (Å²) < 4.78 is 7.41. The van der Waals surface area contributed by atoms with Crippen LogP contribution < -0.4 is 15.4 Å². The van der Waals surface area contributed by atoms with Crippen LogP contribution in [0.25, 0.3) is 0 Å². The first-order valence-corrected chi connectivity index (χ1v) is 8.28. The largest absolute Gasteiger partial charge is 0.494 e. The Bertz CT molecular complexity index is 651. The maximum atomic E-state index is 5.43. The molecule has 1 aromatic heterocycles. The highest BCUT2D eigenvalue weighted by molar-refractivity contribution is 7.80. The minimum Gasteiger partial charge on any atom is -0.494 e. The molecular formula is C17H24N4OS. The molecule has 2 aromatic rings. The molecule has 1 aromatic carbocycles. The zero-order chi connectivity index (χ0) is 16.8. The predicted molar refractivity (Wildman–Crippen MR) is 98.0 cm³/mol. The normalized spacial score (nSPS) is 11.8. The van der Waals surface area contributed by atoms with Gasteiger partial charge in [-0.25, -0.2) is 0 Å². The maximum absolute atomic E-state index is 5.43. The first-order valence-electron chi connectivity index (χ1n) is 7.87. The van der Waals surface area contributed by atoms with E-state index in [4.69, 9.17) is 17.0 Å². The summed E-state index contributed by atoms with van der Waals surface area (Å²) in [5, 5.41) is 11.4. The fraction of sp³-hybridized carbons (Fsp3) is 0.412. The number of aryl methyl sites for hydroxylation is 1. The maximum Gasteiger partial charge on any atom is 0.171 e. The number of aromatic nitrogens is 2. The van der Waals surface area contributed by atoms with Crippen molar-refractivity contribution in [2.24, 2.45) is 0 Å². The van der Waals surface area contributed by atoms with Gasteiger partial charge >= 0.3 is 0 Å². The molecule has 6 heteroatoms. The molecule has 1 unspecified atom stereocenters. The van der Waals surface area contributed by atoms with E-state index >= 15 is 0 Å². The lowest BCUT2D eigenvalue weighted by Crippen LogP contribution is -2.31. The standard InChI is InChI=1S/C17H24N4OS/c1-5-21-13(4)16(11-18-21)12(3)19-17(23)20-14-7-9-15(10-8-14)22-6-2/h7-12H,5-6H2,1-4H3,(H2,19,20,23). The first-order chi connectivity index (χ1) is 11.0. The minimum atomic E-state index is 0.0954. The summed E-state index contributed by atoms with van der Waals surface area (Å²) in [7, 11) is 0. The lowest BCUT2D eigenvalue weighted by Gasteiger charge is -2.17. The number of anilines is 1.